The molecular weight excluding hydrogens is 272 g/mol. The molecule has 2 aliphatic rings. The molecule has 1 heterocycles. The van der Waals surface area contributed by atoms with Crippen LogP contribution in [0.25, 0.3) is 0 Å². The topological polar surface area (TPSA) is 32.3 Å². The Morgan fingerprint density at radius 2 is 1.80 bits per heavy atom. The summed E-state index contributed by atoms with van der Waals surface area (Å²) in [5, 5.41) is 4.07. The van der Waals surface area contributed by atoms with E-state index in [0.29, 0.717) is 11.9 Å². The van der Waals surface area contributed by atoms with E-state index in [2.05, 4.69) is 10.2 Å². The van der Waals surface area contributed by atoms with Crippen molar-refractivity contribution in [2.75, 3.05) is 13.1 Å². The fourth-order valence-corrected chi connectivity index (χ4v) is 2.99. The Bertz CT molecular complexity index is 464. The van der Waals surface area contributed by atoms with Crippen LogP contribution in [0.1, 0.15) is 31.2 Å². The van der Waals surface area contributed by atoms with Gasteiger partial charge in [-0.2, -0.15) is 0 Å². The van der Waals surface area contributed by atoms with Gasteiger partial charge >= 0.3 is 0 Å². The van der Waals surface area contributed by atoms with E-state index in [0.717, 1.165) is 50.3 Å². The summed E-state index contributed by atoms with van der Waals surface area (Å²) in [6, 6.07) is 8.31. The number of carbonyl (C=O) groups is 1. The predicted octanol–water partition coefficient (Wildman–Crippen LogP) is 2.83. The molecular formula is C16H21ClN2O. The number of nitrogens with one attached hydrogen (secondary N) is 1. The number of amides is 1. The average Bonchev–Trinajstić information content (AvgIpc) is 3.31. The zero-order valence-corrected chi connectivity index (χ0v) is 12.4. The summed E-state index contributed by atoms with van der Waals surface area (Å²) in [5.41, 5.74) is 1.17. The summed E-state index contributed by atoms with van der Waals surface area (Å²) < 4.78 is 0. The van der Waals surface area contributed by atoms with E-state index >= 15 is 0 Å². The minimum atomic E-state index is 0.212. The third kappa shape index (κ3) is 3.33. The molecule has 2 fully saturated rings. The van der Waals surface area contributed by atoms with Crippen LogP contribution in [-0.4, -0.2) is 29.9 Å². The van der Waals surface area contributed by atoms with Crippen molar-refractivity contribution in [1.82, 2.24) is 10.2 Å². The van der Waals surface area contributed by atoms with Gasteiger partial charge in [0.05, 0.1) is 0 Å². The third-order valence-corrected chi connectivity index (χ3v) is 4.48. The molecule has 1 N–H and O–H groups in total. The zero-order chi connectivity index (χ0) is 13.9. The average molecular weight is 293 g/mol. The minimum Gasteiger partial charge on any atom is -0.335 e. The van der Waals surface area contributed by atoms with E-state index in [1.807, 2.05) is 24.3 Å². The highest BCUT2D eigenvalue weighted by molar-refractivity contribution is 6.30. The molecule has 1 saturated heterocycles. The van der Waals surface area contributed by atoms with Gasteiger partial charge in [-0.1, -0.05) is 23.7 Å². The van der Waals surface area contributed by atoms with Crippen LogP contribution >= 0.6 is 11.6 Å². The van der Waals surface area contributed by atoms with Crippen LogP contribution in [0.15, 0.2) is 24.3 Å². The molecule has 1 amide bonds. The van der Waals surface area contributed by atoms with Gasteiger partial charge < -0.3 is 10.2 Å². The summed E-state index contributed by atoms with van der Waals surface area (Å²) in [6.07, 6.45) is 4.26. The summed E-state index contributed by atoms with van der Waals surface area (Å²) in [6.45, 7) is 2.66. The summed E-state index contributed by atoms with van der Waals surface area (Å²) >= 11 is 5.92. The van der Waals surface area contributed by atoms with E-state index in [9.17, 15) is 4.79 Å². The van der Waals surface area contributed by atoms with Gasteiger partial charge in [-0.25, -0.2) is 0 Å². The molecule has 4 heteroatoms. The molecule has 0 unspecified atom stereocenters. The number of halogens is 1. The van der Waals surface area contributed by atoms with Crippen molar-refractivity contribution in [1.29, 1.82) is 0 Å². The Balaban J connectivity index is 1.68. The molecule has 0 radical (unpaired) electrons. The van der Waals surface area contributed by atoms with Crippen LogP contribution in [0, 0.1) is 5.92 Å². The number of piperidine rings is 1. The summed E-state index contributed by atoms with van der Waals surface area (Å²) in [4.78, 5) is 14.8. The zero-order valence-electron chi connectivity index (χ0n) is 11.6. The smallest absolute Gasteiger partial charge is 0.226 e. The van der Waals surface area contributed by atoms with Crippen molar-refractivity contribution in [2.24, 2.45) is 5.92 Å². The predicted molar refractivity (Wildman–Crippen MR) is 80.6 cm³/mol. The Morgan fingerprint density at radius 3 is 2.40 bits per heavy atom. The molecule has 1 aliphatic carbocycles. The van der Waals surface area contributed by atoms with Crippen LogP contribution in [0.2, 0.25) is 5.02 Å². The summed E-state index contributed by atoms with van der Waals surface area (Å²) in [7, 11) is 0. The molecule has 0 spiro atoms. The molecule has 20 heavy (non-hydrogen) atoms. The van der Waals surface area contributed by atoms with E-state index in [1.165, 1.54) is 5.56 Å². The number of hydrogen-bond donors (Lipinski definition) is 1. The van der Waals surface area contributed by atoms with Crippen molar-refractivity contribution in [3.63, 3.8) is 0 Å². The first-order valence-electron chi connectivity index (χ1n) is 7.49. The quantitative estimate of drug-likeness (QED) is 0.925. The van der Waals surface area contributed by atoms with E-state index in [1.54, 1.807) is 0 Å². The normalized spacial score (nSPS) is 19.9. The molecule has 0 aromatic heterocycles. The maximum Gasteiger partial charge on any atom is 0.226 e. The fourth-order valence-electron chi connectivity index (χ4n) is 2.86. The van der Waals surface area contributed by atoms with Gasteiger partial charge in [-0.15, -0.1) is 0 Å². The maximum absolute atomic E-state index is 12.7. The van der Waals surface area contributed by atoms with Gasteiger partial charge in [0.25, 0.3) is 0 Å². The number of carbonyl (C=O) groups excluding carboxylic acids is 1. The second-order valence-corrected chi connectivity index (χ2v) is 6.28. The lowest BCUT2D eigenvalue weighted by Gasteiger charge is -2.30. The van der Waals surface area contributed by atoms with Gasteiger partial charge in [-0.3, -0.25) is 4.79 Å². The lowest BCUT2D eigenvalue weighted by molar-refractivity contribution is -0.137. The molecule has 3 nitrogen and oxygen atoms in total. The van der Waals surface area contributed by atoms with Crippen LogP contribution in [-0.2, 0) is 11.3 Å². The molecule has 1 saturated carbocycles. The van der Waals surface area contributed by atoms with Crippen molar-refractivity contribution < 1.29 is 4.79 Å². The second kappa shape index (κ2) is 6.15. The number of nitrogens with zero attached hydrogens (tertiary/aromatic N) is 1. The van der Waals surface area contributed by atoms with E-state index in [4.69, 9.17) is 11.6 Å². The highest BCUT2D eigenvalue weighted by atomic mass is 35.5. The first-order valence-corrected chi connectivity index (χ1v) is 7.87. The SMILES string of the molecule is O=C(C1CCNCC1)N(Cc1ccc(Cl)cc1)C1CC1. The first-order chi connectivity index (χ1) is 9.74. The second-order valence-electron chi connectivity index (χ2n) is 5.85. The van der Waals surface area contributed by atoms with Gasteiger partial charge in [0, 0.05) is 23.5 Å². The standard InChI is InChI=1S/C16H21ClN2O/c17-14-3-1-12(2-4-14)11-19(15-5-6-15)16(20)13-7-9-18-10-8-13/h1-4,13,15,18H,5-11H2. The molecule has 3 rings (SSSR count). The maximum atomic E-state index is 12.7. The van der Waals surface area contributed by atoms with Crippen LogP contribution in [0.5, 0.6) is 0 Å². The molecule has 0 bridgehead atoms. The lowest BCUT2D eigenvalue weighted by Crippen LogP contribution is -2.41. The van der Waals surface area contributed by atoms with Gasteiger partial charge in [-0.05, 0) is 56.5 Å². The van der Waals surface area contributed by atoms with Crippen molar-refractivity contribution >= 4 is 17.5 Å². The first kappa shape index (κ1) is 13.9. The van der Waals surface area contributed by atoms with Crippen LogP contribution in [0.4, 0.5) is 0 Å². The van der Waals surface area contributed by atoms with Crippen molar-refractivity contribution in [3.05, 3.63) is 34.9 Å². The van der Waals surface area contributed by atoms with E-state index < -0.39 is 0 Å². The Kier molecular flexibility index (Phi) is 4.27. The Labute approximate surface area is 125 Å². The Hall–Kier alpha value is -1.06. The number of rotatable bonds is 4. The Morgan fingerprint density at radius 1 is 1.15 bits per heavy atom. The fraction of sp³-hybridized carbons (Fsp3) is 0.562. The monoisotopic (exact) mass is 292 g/mol. The molecule has 0 atom stereocenters. The third-order valence-electron chi connectivity index (χ3n) is 4.23. The molecule has 108 valence electrons. The molecule has 1 aromatic carbocycles. The molecule has 1 aromatic rings. The van der Waals surface area contributed by atoms with Crippen LogP contribution < -0.4 is 5.32 Å². The highest BCUT2D eigenvalue weighted by Crippen LogP contribution is 2.31. The number of benzene rings is 1. The lowest BCUT2D eigenvalue weighted by atomic mass is 9.96. The molecule has 1 aliphatic heterocycles. The van der Waals surface area contributed by atoms with Gasteiger partial charge in [0.15, 0.2) is 0 Å². The largest absolute Gasteiger partial charge is 0.335 e. The van der Waals surface area contributed by atoms with Crippen LogP contribution in [0.3, 0.4) is 0 Å². The van der Waals surface area contributed by atoms with Crippen molar-refractivity contribution in [3.8, 4) is 0 Å². The van der Waals surface area contributed by atoms with Crippen molar-refractivity contribution in [2.45, 2.75) is 38.3 Å². The van der Waals surface area contributed by atoms with Gasteiger partial charge in [0.2, 0.25) is 5.91 Å². The minimum absolute atomic E-state index is 0.212. The number of hydrogen-bond acceptors (Lipinski definition) is 2. The van der Waals surface area contributed by atoms with E-state index in [-0.39, 0.29) is 5.92 Å². The van der Waals surface area contributed by atoms with Gasteiger partial charge in [0.1, 0.15) is 0 Å². The highest BCUT2D eigenvalue weighted by Gasteiger charge is 2.35. The summed E-state index contributed by atoms with van der Waals surface area (Å²) in [5.74, 6) is 0.563.